The third-order valence-corrected chi connectivity index (χ3v) is 3.26. The fourth-order valence-corrected chi connectivity index (χ4v) is 2.39. The van der Waals surface area contributed by atoms with Gasteiger partial charge in [0.2, 0.25) is 0 Å². The molecule has 0 amide bonds. The third-order valence-electron chi connectivity index (χ3n) is 3.26. The van der Waals surface area contributed by atoms with E-state index in [1.165, 1.54) is 19.3 Å². The van der Waals surface area contributed by atoms with Gasteiger partial charge in [-0.1, -0.05) is 6.92 Å². The molecule has 1 aliphatic heterocycles. The SMILES string of the molecule is CCNC(CCCC1CCCO1)c1ncn[nH]1. The first-order valence-corrected chi connectivity index (χ1v) is 6.60. The second-order valence-electron chi connectivity index (χ2n) is 4.55. The Bertz CT molecular complexity index is 295. The number of hydrogen-bond donors (Lipinski definition) is 2. The van der Waals surface area contributed by atoms with Crippen LogP contribution >= 0.6 is 0 Å². The normalized spacial score (nSPS) is 21.8. The number of aromatic nitrogens is 3. The molecule has 17 heavy (non-hydrogen) atoms. The molecule has 0 bridgehead atoms. The van der Waals surface area contributed by atoms with Crippen LogP contribution in [0.4, 0.5) is 0 Å². The van der Waals surface area contributed by atoms with Crippen molar-refractivity contribution in [2.75, 3.05) is 13.2 Å². The molecule has 2 unspecified atom stereocenters. The summed E-state index contributed by atoms with van der Waals surface area (Å²) in [6.45, 7) is 4.01. The Morgan fingerprint density at radius 2 is 2.59 bits per heavy atom. The maximum Gasteiger partial charge on any atom is 0.141 e. The number of aromatic amines is 1. The van der Waals surface area contributed by atoms with Crippen LogP contribution in [0.15, 0.2) is 6.33 Å². The van der Waals surface area contributed by atoms with Gasteiger partial charge < -0.3 is 10.1 Å². The Balaban J connectivity index is 1.73. The van der Waals surface area contributed by atoms with Gasteiger partial charge in [-0.05, 0) is 38.6 Å². The number of nitrogens with one attached hydrogen (secondary N) is 2. The highest BCUT2D eigenvalue weighted by Crippen LogP contribution is 2.21. The van der Waals surface area contributed by atoms with Gasteiger partial charge in [0.1, 0.15) is 12.2 Å². The van der Waals surface area contributed by atoms with E-state index >= 15 is 0 Å². The van der Waals surface area contributed by atoms with Crippen LogP contribution in [0.2, 0.25) is 0 Å². The van der Waals surface area contributed by atoms with Crippen LogP contribution in [0.25, 0.3) is 0 Å². The van der Waals surface area contributed by atoms with Crippen LogP contribution in [0.1, 0.15) is 50.9 Å². The quantitative estimate of drug-likeness (QED) is 0.760. The molecule has 1 aliphatic rings. The van der Waals surface area contributed by atoms with E-state index in [0.717, 1.165) is 31.8 Å². The number of ether oxygens (including phenoxy) is 1. The number of hydrogen-bond acceptors (Lipinski definition) is 4. The molecule has 5 heteroatoms. The van der Waals surface area contributed by atoms with Crippen molar-refractivity contribution >= 4 is 0 Å². The van der Waals surface area contributed by atoms with Gasteiger partial charge in [-0.3, -0.25) is 5.10 Å². The molecule has 0 radical (unpaired) electrons. The Labute approximate surface area is 102 Å². The topological polar surface area (TPSA) is 62.8 Å². The fourth-order valence-electron chi connectivity index (χ4n) is 2.39. The summed E-state index contributed by atoms with van der Waals surface area (Å²) in [6.07, 6.45) is 7.94. The van der Waals surface area contributed by atoms with E-state index < -0.39 is 0 Å². The second kappa shape index (κ2) is 6.71. The van der Waals surface area contributed by atoms with Gasteiger partial charge in [0.05, 0.1) is 12.1 Å². The number of H-pyrrole nitrogens is 1. The van der Waals surface area contributed by atoms with Crippen LogP contribution in [-0.4, -0.2) is 34.4 Å². The zero-order chi connectivity index (χ0) is 11.9. The minimum Gasteiger partial charge on any atom is -0.378 e. The molecule has 96 valence electrons. The molecular formula is C12H22N4O. The Hall–Kier alpha value is -0.940. The van der Waals surface area contributed by atoms with Crippen molar-refractivity contribution in [1.29, 1.82) is 0 Å². The fraction of sp³-hybridized carbons (Fsp3) is 0.833. The van der Waals surface area contributed by atoms with E-state index in [1.54, 1.807) is 6.33 Å². The van der Waals surface area contributed by atoms with Crippen LogP contribution in [0, 0.1) is 0 Å². The number of rotatable bonds is 7. The van der Waals surface area contributed by atoms with Crippen LogP contribution in [-0.2, 0) is 4.74 Å². The molecule has 2 atom stereocenters. The summed E-state index contributed by atoms with van der Waals surface area (Å²) in [5, 5.41) is 10.3. The minimum absolute atomic E-state index is 0.295. The Morgan fingerprint density at radius 1 is 1.65 bits per heavy atom. The van der Waals surface area contributed by atoms with Gasteiger partial charge >= 0.3 is 0 Å². The highest BCUT2D eigenvalue weighted by Gasteiger charge is 2.17. The summed E-state index contributed by atoms with van der Waals surface area (Å²) in [5.41, 5.74) is 0. The first-order valence-electron chi connectivity index (χ1n) is 6.60. The van der Waals surface area contributed by atoms with Crippen molar-refractivity contribution in [2.24, 2.45) is 0 Å². The smallest absolute Gasteiger partial charge is 0.141 e. The number of nitrogens with zero attached hydrogens (tertiary/aromatic N) is 2. The lowest BCUT2D eigenvalue weighted by molar-refractivity contribution is 0.101. The molecule has 1 aromatic heterocycles. The standard InChI is InChI=1S/C12H22N4O/c1-2-13-11(12-14-9-15-16-12)7-3-5-10-6-4-8-17-10/h9-11,13H,2-8H2,1H3,(H,14,15,16). The first-order chi connectivity index (χ1) is 8.40. The van der Waals surface area contributed by atoms with Gasteiger partial charge in [-0.25, -0.2) is 4.98 Å². The molecule has 2 N–H and O–H groups in total. The lowest BCUT2D eigenvalue weighted by atomic mass is 10.0. The largest absolute Gasteiger partial charge is 0.378 e. The third kappa shape index (κ3) is 3.78. The molecule has 1 saturated heterocycles. The van der Waals surface area contributed by atoms with Crippen molar-refractivity contribution in [3.05, 3.63) is 12.2 Å². The van der Waals surface area contributed by atoms with Gasteiger partial charge in [0.25, 0.3) is 0 Å². The maximum atomic E-state index is 5.63. The van der Waals surface area contributed by atoms with Crippen molar-refractivity contribution < 1.29 is 4.74 Å². The monoisotopic (exact) mass is 238 g/mol. The summed E-state index contributed by atoms with van der Waals surface area (Å²) in [5.74, 6) is 0.944. The van der Waals surface area contributed by atoms with Gasteiger partial charge in [-0.2, -0.15) is 5.10 Å². The average Bonchev–Trinajstić information content (AvgIpc) is 3.01. The molecule has 1 fully saturated rings. The summed E-state index contributed by atoms with van der Waals surface area (Å²) in [4.78, 5) is 4.23. The first kappa shape index (κ1) is 12.5. The zero-order valence-electron chi connectivity index (χ0n) is 10.5. The lowest BCUT2D eigenvalue weighted by Crippen LogP contribution is -2.22. The van der Waals surface area contributed by atoms with E-state index in [9.17, 15) is 0 Å². The van der Waals surface area contributed by atoms with Crippen LogP contribution in [0.3, 0.4) is 0 Å². The van der Waals surface area contributed by atoms with E-state index in [4.69, 9.17) is 4.74 Å². The lowest BCUT2D eigenvalue weighted by Gasteiger charge is -2.16. The summed E-state index contributed by atoms with van der Waals surface area (Å²) in [6, 6.07) is 0.295. The molecule has 0 spiro atoms. The van der Waals surface area contributed by atoms with Gasteiger partial charge in [0, 0.05) is 6.61 Å². The predicted molar refractivity (Wildman–Crippen MR) is 65.6 cm³/mol. The predicted octanol–water partition coefficient (Wildman–Crippen LogP) is 1.80. The Morgan fingerprint density at radius 3 is 3.24 bits per heavy atom. The maximum absolute atomic E-state index is 5.63. The zero-order valence-corrected chi connectivity index (χ0v) is 10.5. The molecular weight excluding hydrogens is 216 g/mol. The van der Waals surface area contributed by atoms with Crippen molar-refractivity contribution in [3.63, 3.8) is 0 Å². The van der Waals surface area contributed by atoms with E-state index in [0.29, 0.717) is 12.1 Å². The second-order valence-corrected chi connectivity index (χ2v) is 4.55. The molecule has 5 nitrogen and oxygen atoms in total. The van der Waals surface area contributed by atoms with Crippen LogP contribution in [0.5, 0.6) is 0 Å². The highest BCUT2D eigenvalue weighted by molar-refractivity contribution is 4.91. The summed E-state index contributed by atoms with van der Waals surface area (Å²) < 4.78 is 5.63. The molecule has 1 aromatic rings. The minimum atomic E-state index is 0.295. The Kier molecular flexibility index (Phi) is 4.94. The molecule has 2 heterocycles. The van der Waals surface area contributed by atoms with Crippen molar-refractivity contribution in [1.82, 2.24) is 20.5 Å². The summed E-state index contributed by atoms with van der Waals surface area (Å²) >= 11 is 0. The van der Waals surface area contributed by atoms with E-state index in [-0.39, 0.29) is 0 Å². The van der Waals surface area contributed by atoms with Crippen molar-refractivity contribution in [3.8, 4) is 0 Å². The van der Waals surface area contributed by atoms with E-state index in [2.05, 4.69) is 27.4 Å². The van der Waals surface area contributed by atoms with Crippen LogP contribution < -0.4 is 5.32 Å². The molecule has 0 aliphatic carbocycles. The van der Waals surface area contributed by atoms with E-state index in [1.807, 2.05) is 0 Å². The summed E-state index contributed by atoms with van der Waals surface area (Å²) in [7, 11) is 0. The van der Waals surface area contributed by atoms with Crippen molar-refractivity contribution in [2.45, 2.75) is 51.2 Å². The highest BCUT2D eigenvalue weighted by atomic mass is 16.5. The molecule has 2 rings (SSSR count). The van der Waals surface area contributed by atoms with Gasteiger partial charge in [-0.15, -0.1) is 0 Å². The average molecular weight is 238 g/mol. The van der Waals surface area contributed by atoms with Gasteiger partial charge in [0.15, 0.2) is 0 Å². The molecule has 0 aromatic carbocycles. The molecule has 0 saturated carbocycles.